The van der Waals surface area contributed by atoms with Gasteiger partial charge in [-0.05, 0) is 47.4 Å². The number of nitro benzene ring substituents is 1. The minimum absolute atomic E-state index is 0.0971. The van der Waals surface area contributed by atoms with E-state index in [2.05, 4.69) is 27.0 Å². The topological polar surface area (TPSA) is 82.2 Å². The third-order valence-electron chi connectivity index (χ3n) is 4.26. The first-order valence-corrected chi connectivity index (χ1v) is 8.78. The molecule has 0 radical (unpaired) electrons. The standard InChI is InChI=1S/C17H18N4O2S/c18-10-14-9-16(1-2-17(14)21(22)23)19-15-3-6-20(7-4-15)11-13-5-8-24-12-13/h1-2,5,8-9,12,15,19H,3-4,6-7,11H2. The maximum atomic E-state index is 10.9. The van der Waals surface area contributed by atoms with Gasteiger partial charge in [0.25, 0.3) is 5.69 Å². The summed E-state index contributed by atoms with van der Waals surface area (Å²) >= 11 is 1.72. The van der Waals surface area contributed by atoms with Crippen LogP contribution in [-0.4, -0.2) is 29.0 Å². The van der Waals surface area contributed by atoms with Crippen molar-refractivity contribution in [1.29, 1.82) is 5.26 Å². The van der Waals surface area contributed by atoms with E-state index in [4.69, 9.17) is 5.26 Å². The molecule has 24 heavy (non-hydrogen) atoms. The van der Waals surface area contributed by atoms with Crippen LogP contribution in [0.4, 0.5) is 11.4 Å². The molecule has 2 heterocycles. The molecule has 1 N–H and O–H groups in total. The summed E-state index contributed by atoms with van der Waals surface area (Å²) in [6.07, 6.45) is 2.03. The van der Waals surface area contributed by atoms with Gasteiger partial charge in [-0.2, -0.15) is 16.6 Å². The lowest BCUT2D eigenvalue weighted by Gasteiger charge is -2.32. The molecule has 6 nitrogen and oxygen atoms in total. The lowest BCUT2D eigenvalue weighted by Crippen LogP contribution is -2.38. The highest BCUT2D eigenvalue weighted by Crippen LogP contribution is 2.24. The predicted molar refractivity (Wildman–Crippen MR) is 94.1 cm³/mol. The molecule has 0 saturated carbocycles. The molecule has 124 valence electrons. The van der Waals surface area contributed by atoms with E-state index in [0.29, 0.717) is 6.04 Å². The average molecular weight is 342 g/mol. The van der Waals surface area contributed by atoms with Gasteiger partial charge in [-0.1, -0.05) is 0 Å². The second-order valence-corrected chi connectivity index (χ2v) is 6.71. The normalized spacial score (nSPS) is 15.8. The Balaban J connectivity index is 1.56. The van der Waals surface area contributed by atoms with Gasteiger partial charge in [0, 0.05) is 37.4 Å². The van der Waals surface area contributed by atoms with E-state index in [1.165, 1.54) is 11.6 Å². The van der Waals surface area contributed by atoms with Crippen LogP contribution in [0, 0.1) is 21.4 Å². The minimum atomic E-state index is -0.523. The Morgan fingerprint density at radius 3 is 2.79 bits per heavy atom. The molecule has 1 fully saturated rings. The maximum Gasteiger partial charge on any atom is 0.287 e. The molecule has 0 bridgehead atoms. The van der Waals surface area contributed by atoms with Crippen LogP contribution < -0.4 is 5.32 Å². The molecule has 1 aromatic carbocycles. The monoisotopic (exact) mass is 342 g/mol. The number of hydrogen-bond donors (Lipinski definition) is 1. The number of benzene rings is 1. The number of nitro groups is 1. The Hall–Kier alpha value is -2.43. The molecule has 3 rings (SSSR count). The molecule has 0 spiro atoms. The summed E-state index contributed by atoms with van der Waals surface area (Å²) in [6.45, 7) is 3.03. The van der Waals surface area contributed by atoms with Crippen molar-refractivity contribution in [2.75, 3.05) is 18.4 Å². The first-order chi connectivity index (χ1) is 11.7. The van der Waals surface area contributed by atoms with Crippen LogP contribution in [0.25, 0.3) is 0 Å². The second-order valence-electron chi connectivity index (χ2n) is 5.93. The van der Waals surface area contributed by atoms with Gasteiger partial charge in [0.2, 0.25) is 0 Å². The Bertz CT molecular complexity index is 746. The zero-order valence-corrected chi connectivity index (χ0v) is 14.0. The van der Waals surface area contributed by atoms with Crippen LogP contribution in [-0.2, 0) is 6.54 Å². The molecule has 1 saturated heterocycles. The molecule has 0 unspecified atom stereocenters. The lowest BCUT2D eigenvalue weighted by atomic mass is 10.0. The summed E-state index contributed by atoms with van der Waals surface area (Å²) in [5.41, 5.74) is 2.09. The van der Waals surface area contributed by atoms with Gasteiger partial charge < -0.3 is 5.32 Å². The van der Waals surface area contributed by atoms with Gasteiger partial charge in [-0.25, -0.2) is 0 Å². The van der Waals surface area contributed by atoms with Crippen molar-refractivity contribution < 1.29 is 4.92 Å². The van der Waals surface area contributed by atoms with Crippen LogP contribution in [0.1, 0.15) is 24.0 Å². The molecular weight excluding hydrogens is 324 g/mol. The molecule has 7 heteroatoms. The number of nitrogens with one attached hydrogen (secondary N) is 1. The van der Waals surface area contributed by atoms with Gasteiger partial charge in [-0.15, -0.1) is 0 Å². The summed E-state index contributed by atoms with van der Waals surface area (Å²) in [5, 5.41) is 27.6. The van der Waals surface area contributed by atoms with E-state index >= 15 is 0 Å². The van der Waals surface area contributed by atoms with E-state index in [-0.39, 0.29) is 11.3 Å². The summed E-state index contributed by atoms with van der Waals surface area (Å²) in [6, 6.07) is 9.03. The summed E-state index contributed by atoms with van der Waals surface area (Å²) in [4.78, 5) is 12.8. The van der Waals surface area contributed by atoms with E-state index in [9.17, 15) is 10.1 Å². The third kappa shape index (κ3) is 3.91. The largest absolute Gasteiger partial charge is 0.382 e. The summed E-state index contributed by atoms with van der Waals surface area (Å²) in [5.74, 6) is 0. The lowest BCUT2D eigenvalue weighted by molar-refractivity contribution is -0.385. The Labute approximate surface area is 144 Å². The number of nitriles is 1. The van der Waals surface area contributed by atoms with Gasteiger partial charge in [0.1, 0.15) is 11.6 Å². The maximum absolute atomic E-state index is 10.9. The molecule has 1 aliphatic heterocycles. The van der Waals surface area contributed by atoms with Crippen molar-refractivity contribution in [2.24, 2.45) is 0 Å². The fraction of sp³-hybridized carbons (Fsp3) is 0.353. The van der Waals surface area contributed by atoms with E-state index < -0.39 is 4.92 Å². The minimum Gasteiger partial charge on any atom is -0.382 e. The van der Waals surface area contributed by atoms with Crippen molar-refractivity contribution in [1.82, 2.24) is 4.90 Å². The molecule has 0 atom stereocenters. The fourth-order valence-electron chi connectivity index (χ4n) is 2.99. The highest BCUT2D eigenvalue weighted by Gasteiger charge is 2.20. The predicted octanol–water partition coefficient (Wildman–Crippen LogP) is 3.60. The zero-order chi connectivity index (χ0) is 16.9. The van der Waals surface area contributed by atoms with E-state index in [0.717, 1.165) is 38.2 Å². The first-order valence-electron chi connectivity index (χ1n) is 7.84. The van der Waals surface area contributed by atoms with Crippen molar-refractivity contribution >= 4 is 22.7 Å². The Kier molecular flexibility index (Phi) is 5.08. The quantitative estimate of drug-likeness (QED) is 0.663. The second kappa shape index (κ2) is 7.43. The van der Waals surface area contributed by atoms with E-state index in [1.807, 2.05) is 6.07 Å². The highest BCUT2D eigenvalue weighted by molar-refractivity contribution is 7.07. The Morgan fingerprint density at radius 1 is 1.38 bits per heavy atom. The fourth-order valence-corrected chi connectivity index (χ4v) is 3.65. The van der Waals surface area contributed by atoms with Crippen LogP contribution in [0.5, 0.6) is 0 Å². The third-order valence-corrected chi connectivity index (χ3v) is 4.99. The van der Waals surface area contributed by atoms with Gasteiger partial charge in [0.15, 0.2) is 0 Å². The number of piperidine rings is 1. The number of rotatable bonds is 5. The molecule has 0 aliphatic carbocycles. The summed E-state index contributed by atoms with van der Waals surface area (Å²) in [7, 11) is 0. The van der Waals surface area contributed by atoms with Gasteiger partial charge >= 0.3 is 0 Å². The summed E-state index contributed by atoms with van der Waals surface area (Å²) < 4.78 is 0. The molecule has 2 aromatic rings. The van der Waals surface area contributed by atoms with Crippen LogP contribution in [0.15, 0.2) is 35.0 Å². The first kappa shape index (κ1) is 16.4. The molecule has 0 amide bonds. The smallest absolute Gasteiger partial charge is 0.287 e. The van der Waals surface area contributed by atoms with Gasteiger partial charge in [0.05, 0.1) is 4.92 Å². The van der Waals surface area contributed by atoms with Crippen molar-refractivity contribution in [3.8, 4) is 6.07 Å². The number of anilines is 1. The van der Waals surface area contributed by atoms with Crippen LogP contribution >= 0.6 is 11.3 Å². The zero-order valence-electron chi connectivity index (χ0n) is 13.1. The number of hydrogen-bond acceptors (Lipinski definition) is 6. The SMILES string of the molecule is N#Cc1cc(NC2CCN(Cc3ccsc3)CC2)ccc1[N+](=O)[O-]. The molecule has 1 aliphatic rings. The number of nitrogens with zero attached hydrogens (tertiary/aromatic N) is 3. The Morgan fingerprint density at radius 2 is 2.17 bits per heavy atom. The van der Waals surface area contributed by atoms with Crippen molar-refractivity contribution in [3.63, 3.8) is 0 Å². The van der Waals surface area contributed by atoms with Gasteiger partial charge in [-0.3, -0.25) is 15.0 Å². The average Bonchev–Trinajstić information content (AvgIpc) is 3.09. The molecule has 1 aromatic heterocycles. The number of thiophene rings is 1. The van der Waals surface area contributed by atoms with Crippen molar-refractivity contribution in [3.05, 3.63) is 56.3 Å². The van der Waals surface area contributed by atoms with E-state index in [1.54, 1.807) is 23.5 Å². The van der Waals surface area contributed by atoms with Crippen molar-refractivity contribution in [2.45, 2.75) is 25.4 Å². The number of likely N-dealkylation sites (tertiary alicyclic amines) is 1. The highest BCUT2D eigenvalue weighted by atomic mass is 32.1. The van der Waals surface area contributed by atoms with Crippen LogP contribution in [0.3, 0.4) is 0 Å². The molecular formula is C17H18N4O2S. The van der Waals surface area contributed by atoms with Crippen LogP contribution in [0.2, 0.25) is 0 Å².